The highest BCUT2D eigenvalue weighted by atomic mass is 15.1. The van der Waals surface area contributed by atoms with Crippen LogP contribution in [0, 0.1) is 11.3 Å². The van der Waals surface area contributed by atoms with Crippen LogP contribution in [0.1, 0.15) is 24.1 Å². The van der Waals surface area contributed by atoms with Gasteiger partial charge in [0.1, 0.15) is 23.1 Å². The van der Waals surface area contributed by atoms with E-state index in [1.165, 1.54) is 5.56 Å². The van der Waals surface area contributed by atoms with Crippen molar-refractivity contribution in [2.75, 3.05) is 24.1 Å². The van der Waals surface area contributed by atoms with Crippen LogP contribution in [0.25, 0.3) is 28.2 Å². The van der Waals surface area contributed by atoms with Crippen molar-refractivity contribution in [3.05, 3.63) is 90.5 Å². The lowest BCUT2D eigenvalue weighted by Crippen LogP contribution is -2.38. The monoisotopic (exact) mass is 501 g/mol. The van der Waals surface area contributed by atoms with Gasteiger partial charge < -0.3 is 11.1 Å². The van der Waals surface area contributed by atoms with E-state index in [1.54, 1.807) is 24.7 Å². The molecular weight excluding hydrogens is 474 g/mol. The molecule has 1 aromatic carbocycles. The summed E-state index contributed by atoms with van der Waals surface area (Å²) >= 11 is 0. The van der Waals surface area contributed by atoms with Crippen LogP contribution in [0.2, 0.25) is 0 Å². The Morgan fingerprint density at radius 2 is 1.74 bits per heavy atom. The fourth-order valence-corrected chi connectivity index (χ4v) is 4.97. The molecule has 1 aliphatic rings. The van der Waals surface area contributed by atoms with Crippen molar-refractivity contribution in [2.24, 2.45) is 0 Å². The number of hydrogen-bond acceptors (Lipinski definition) is 8. The molecule has 1 fully saturated rings. The van der Waals surface area contributed by atoms with Gasteiger partial charge in [-0.15, -0.1) is 0 Å². The van der Waals surface area contributed by atoms with Crippen molar-refractivity contribution >= 4 is 22.7 Å². The maximum Gasteiger partial charge on any atom is 0.164 e. The van der Waals surface area contributed by atoms with E-state index in [0.717, 1.165) is 66.4 Å². The number of aromatic nitrogens is 5. The van der Waals surface area contributed by atoms with Crippen LogP contribution in [-0.4, -0.2) is 48.5 Å². The molecule has 6 rings (SSSR count). The maximum atomic E-state index is 8.92. The first kappa shape index (κ1) is 23.6. The van der Waals surface area contributed by atoms with Gasteiger partial charge >= 0.3 is 0 Å². The predicted molar refractivity (Wildman–Crippen MR) is 147 cm³/mol. The molecule has 5 aromatic rings. The van der Waals surface area contributed by atoms with Crippen LogP contribution >= 0.6 is 0 Å². The van der Waals surface area contributed by atoms with Crippen LogP contribution in [0.15, 0.2) is 79.3 Å². The normalized spacial score (nSPS) is 14.4. The topological polar surface area (TPSA) is 122 Å². The molecule has 1 aliphatic heterocycles. The average molecular weight is 502 g/mol. The summed E-state index contributed by atoms with van der Waals surface area (Å²) < 4.78 is 2.04. The largest absolute Gasteiger partial charge is 0.383 e. The zero-order valence-electron chi connectivity index (χ0n) is 20.8. The van der Waals surface area contributed by atoms with Gasteiger partial charge in [-0.1, -0.05) is 12.1 Å². The maximum absolute atomic E-state index is 8.92. The number of imidazole rings is 1. The van der Waals surface area contributed by atoms with E-state index < -0.39 is 0 Å². The quantitative estimate of drug-likeness (QED) is 0.351. The van der Waals surface area contributed by atoms with Gasteiger partial charge in [0.25, 0.3) is 0 Å². The summed E-state index contributed by atoms with van der Waals surface area (Å²) in [7, 11) is 0. The lowest BCUT2D eigenvalue weighted by molar-refractivity contribution is 0.211. The highest BCUT2D eigenvalue weighted by molar-refractivity contribution is 5.82. The van der Waals surface area contributed by atoms with E-state index in [0.29, 0.717) is 17.6 Å². The second kappa shape index (κ2) is 10.3. The molecule has 0 aliphatic carbocycles. The van der Waals surface area contributed by atoms with E-state index in [-0.39, 0.29) is 0 Å². The SMILES string of the molecule is N#Cc1ccc(NC2CCN(Cc3ccc(-n4c(-c5cccnc5N)nc5cccnc54)cc3)CC2)cn1. The molecule has 38 heavy (non-hydrogen) atoms. The number of nitrogens with zero attached hydrogens (tertiary/aromatic N) is 7. The van der Waals surface area contributed by atoms with Gasteiger partial charge in [0.15, 0.2) is 11.5 Å². The Bertz CT molecular complexity index is 1590. The summed E-state index contributed by atoms with van der Waals surface area (Å²) in [6.45, 7) is 2.93. The number of nitrogens with one attached hydrogen (secondary N) is 1. The summed E-state index contributed by atoms with van der Waals surface area (Å²) in [4.78, 5) is 20.3. The van der Waals surface area contributed by atoms with Crippen molar-refractivity contribution in [1.29, 1.82) is 5.26 Å². The number of benzene rings is 1. The lowest BCUT2D eigenvalue weighted by atomic mass is 10.0. The number of rotatable bonds is 6. The standard InChI is InChI=1S/C29H27N9/c30-17-22-7-8-23(18-34-22)35-21-11-15-37(16-12-21)19-20-5-9-24(10-6-20)38-28(25-3-1-13-32-27(25)31)36-26-4-2-14-33-29(26)38/h1-10,13-14,18,21,35H,11-12,15-16,19H2,(H2,31,32). The number of fused-ring (bicyclic) bond motifs is 1. The fourth-order valence-electron chi connectivity index (χ4n) is 4.97. The molecular formula is C29H27N9. The molecule has 0 atom stereocenters. The number of nitrogens with two attached hydrogens (primary N) is 1. The van der Waals surface area contributed by atoms with Crippen LogP contribution < -0.4 is 11.1 Å². The van der Waals surface area contributed by atoms with Crippen molar-refractivity contribution in [2.45, 2.75) is 25.4 Å². The highest BCUT2D eigenvalue weighted by Crippen LogP contribution is 2.30. The Labute approximate surface area is 220 Å². The lowest BCUT2D eigenvalue weighted by Gasteiger charge is -2.32. The Morgan fingerprint density at radius 1 is 0.947 bits per heavy atom. The summed E-state index contributed by atoms with van der Waals surface area (Å²) in [5.41, 5.74) is 12.2. The first-order valence-electron chi connectivity index (χ1n) is 12.7. The van der Waals surface area contributed by atoms with Gasteiger partial charge in [-0.2, -0.15) is 5.26 Å². The molecule has 5 heterocycles. The third-order valence-electron chi connectivity index (χ3n) is 6.93. The Kier molecular flexibility index (Phi) is 6.38. The van der Waals surface area contributed by atoms with Crippen molar-refractivity contribution < 1.29 is 0 Å². The third kappa shape index (κ3) is 4.77. The van der Waals surface area contributed by atoms with Gasteiger partial charge in [-0.05, 0) is 66.9 Å². The van der Waals surface area contributed by atoms with Crippen molar-refractivity contribution in [3.8, 4) is 23.1 Å². The second-order valence-corrected chi connectivity index (χ2v) is 9.46. The number of hydrogen-bond donors (Lipinski definition) is 2. The average Bonchev–Trinajstić information content (AvgIpc) is 3.34. The molecule has 0 saturated carbocycles. The van der Waals surface area contributed by atoms with Gasteiger partial charge in [0, 0.05) is 43.8 Å². The number of nitriles is 1. The molecule has 3 N–H and O–H groups in total. The van der Waals surface area contributed by atoms with Gasteiger partial charge in [0.05, 0.1) is 17.4 Å². The van der Waals surface area contributed by atoms with Crippen molar-refractivity contribution in [1.82, 2.24) is 29.4 Å². The van der Waals surface area contributed by atoms with E-state index >= 15 is 0 Å². The molecule has 1 saturated heterocycles. The smallest absolute Gasteiger partial charge is 0.164 e. The van der Waals surface area contributed by atoms with E-state index in [1.807, 2.05) is 34.9 Å². The third-order valence-corrected chi connectivity index (χ3v) is 6.93. The predicted octanol–water partition coefficient (Wildman–Crippen LogP) is 4.41. The Morgan fingerprint density at radius 3 is 2.47 bits per heavy atom. The number of pyridine rings is 3. The van der Waals surface area contributed by atoms with Gasteiger partial charge in [-0.25, -0.2) is 19.9 Å². The number of piperidine rings is 1. The zero-order chi connectivity index (χ0) is 25.9. The Balaban J connectivity index is 1.15. The molecule has 0 amide bonds. The number of likely N-dealkylation sites (tertiary alicyclic amines) is 1. The summed E-state index contributed by atoms with van der Waals surface area (Å²) in [6.07, 6.45) is 7.31. The van der Waals surface area contributed by atoms with Crippen LogP contribution in [0.3, 0.4) is 0 Å². The highest BCUT2D eigenvalue weighted by Gasteiger charge is 2.20. The van der Waals surface area contributed by atoms with Gasteiger partial charge in [-0.3, -0.25) is 9.47 Å². The molecule has 9 heteroatoms. The molecule has 9 nitrogen and oxygen atoms in total. The molecule has 188 valence electrons. The van der Waals surface area contributed by atoms with Crippen LogP contribution in [-0.2, 0) is 6.54 Å². The van der Waals surface area contributed by atoms with E-state index in [4.69, 9.17) is 16.0 Å². The first-order chi connectivity index (χ1) is 18.7. The van der Waals surface area contributed by atoms with Crippen molar-refractivity contribution in [3.63, 3.8) is 0 Å². The minimum atomic E-state index is 0.406. The van der Waals surface area contributed by atoms with Gasteiger partial charge in [0.2, 0.25) is 0 Å². The first-order valence-corrected chi connectivity index (χ1v) is 12.7. The molecule has 4 aromatic heterocycles. The molecule has 0 unspecified atom stereocenters. The minimum absolute atomic E-state index is 0.406. The molecule has 0 bridgehead atoms. The second-order valence-electron chi connectivity index (χ2n) is 9.46. The molecule has 0 radical (unpaired) electrons. The summed E-state index contributed by atoms with van der Waals surface area (Å²) in [6, 6.07) is 22.4. The minimum Gasteiger partial charge on any atom is -0.383 e. The van der Waals surface area contributed by atoms with E-state index in [9.17, 15) is 0 Å². The summed E-state index contributed by atoms with van der Waals surface area (Å²) in [5, 5.41) is 12.5. The fraction of sp³-hybridized carbons (Fsp3) is 0.207. The Hall–Kier alpha value is -4.81. The van der Waals surface area contributed by atoms with Crippen LogP contribution in [0.4, 0.5) is 11.5 Å². The molecule has 0 spiro atoms. The van der Waals surface area contributed by atoms with Crippen LogP contribution in [0.5, 0.6) is 0 Å². The summed E-state index contributed by atoms with van der Waals surface area (Å²) in [5.74, 6) is 1.16. The zero-order valence-corrected chi connectivity index (χ0v) is 20.8. The number of nitrogen functional groups attached to an aromatic ring is 1. The van der Waals surface area contributed by atoms with E-state index in [2.05, 4.69) is 55.5 Å². The number of anilines is 2.